The van der Waals surface area contributed by atoms with E-state index in [0.717, 1.165) is 28.2 Å². The van der Waals surface area contributed by atoms with Crippen LogP contribution >= 0.6 is 23.4 Å². The zero-order chi connectivity index (χ0) is 18.9. The van der Waals surface area contributed by atoms with Crippen LogP contribution in [0.25, 0.3) is 0 Å². The van der Waals surface area contributed by atoms with Gasteiger partial charge in [0.25, 0.3) is 0 Å². The summed E-state index contributed by atoms with van der Waals surface area (Å²) in [5.74, 6) is 3.11. The van der Waals surface area contributed by atoms with E-state index in [1.807, 2.05) is 53.1 Å². The number of allylic oxidation sites excluding steroid dienone is 1. The summed E-state index contributed by atoms with van der Waals surface area (Å²) in [5.41, 5.74) is 0. The summed E-state index contributed by atoms with van der Waals surface area (Å²) in [4.78, 5) is 0. The number of benzene rings is 2. The van der Waals surface area contributed by atoms with Crippen molar-refractivity contribution in [3.05, 3.63) is 78.1 Å². The van der Waals surface area contributed by atoms with Crippen LogP contribution in [-0.2, 0) is 13.2 Å². The van der Waals surface area contributed by atoms with E-state index in [4.69, 9.17) is 21.1 Å². The molecule has 0 amide bonds. The second-order valence-corrected chi connectivity index (χ2v) is 7.05. The minimum Gasteiger partial charge on any atom is -0.493 e. The Kier molecular flexibility index (Phi) is 7.19. The van der Waals surface area contributed by atoms with Crippen LogP contribution in [0.5, 0.6) is 11.5 Å². The molecule has 0 spiro atoms. The molecule has 0 radical (unpaired) electrons. The third kappa shape index (κ3) is 5.77. The molecule has 27 heavy (non-hydrogen) atoms. The van der Waals surface area contributed by atoms with Crippen LogP contribution in [0.2, 0.25) is 5.02 Å². The van der Waals surface area contributed by atoms with Crippen LogP contribution in [-0.4, -0.2) is 27.1 Å². The van der Waals surface area contributed by atoms with E-state index in [2.05, 4.69) is 16.8 Å². The van der Waals surface area contributed by atoms with E-state index in [-0.39, 0.29) is 0 Å². The van der Waals surface area contributed by atoms with Crippen LogP contribution in [0.15, 0.2) is 72.4 Å². The molecule has 1 heterocycles. The van der Waals surface area contributed by atoms with Crippen molar-refractivity contribution < 1.29 is 9.47 Å². The Bertz CT molecular complexity index is 853. The number of hydrogen-bond donors (Lipinski definition) is 0. The number of nitrogens with zero attached hydrogens (tertiary/aromatic N) is 3. The van der Waals surface area contributed by atoms with Gasteiger partial charge in [0, 0.05) is 17.3 Å². The van der Waals surface area contributed by atoms with Gasteiger partial charge in [-0.2, -0.15) is 0 Å². The van der Waals surface area contributed by atoms with Crippen molar-refractivity contribution >= 4 is 23.4 Å². The highest BCUT2D eigenvalue weighted by atomic mass is 35.5. The van der Waals surface area contributed by atoms with Crippen LogP contribution in [0, 0.1) is 0 Å². The van der Waals surface area contributed by atoms with Crippen molar-refractivity contribution in [3.63, 3.8) is 0 Å². The molecule has 0 unspecified atom stereocenters. The summed E-state index contributed by atoms with van der Waals surface area (Å²) in [7, 11) is 0. The van der Waals surface area contributed by atoms with Gasteiger partial charge in [0.05, 0.1) is 6.61 Å². The molecule has 0 fully saturated rings. The molecular formula is C20H20ClN3O2S. The van der Waals surface area contributed by atoms with E-state index < -0.39 is 0 Å². The summed E-state index contributed by atoms with van der Waals surface area (Å²) in [6.45, 7) is 5.35. The lowest BCUT2D eigenvalue weighted by Crippen LogP contribution is -2.08. The molecule has 5 nitrogen and oxygen atoms in total. The quantitative estimate of drug-likeness (QED) is 0.275. The number of halogens is 1. The van der Waals surface area contributed by atoms with Gasteiger partial charge < -0.3 is 9.47 Å². The summed E-state index contributed by atoms with van der Waals surface area (Å²) in [6.07, 6.45) is 1.82. The largest absolute Gasteiger partial charge is 0.493 e. The lowest BCUT2D eigenvalue weighted by molar-refractivity contribution is 0.289. The number of ether oxygens (including phenoxy) is 2. The van der Waals surface area contributed by atoms with Crippen LogP contribution in [0.1, 0.15) is 5.82 Å². The fourth-order valence-electron chi connectivity index (χ4n) is 2.33. The highest BCUT2D eigenvalue weighted by molar-refractivity contribution is 7.99. The van der Waals surface area contributed by atoms with Crippen molar-refractivity contribution in [2.75, 3.05) is 12.4 Å². The van der Waals surface area contributed by atoms with E-state index in [1.165, 1.54) is 0 Å². The number of para-hydroxylation sites is 1. The van der Waals surface area contributed by atoms with Crippen molar-refractivity contribution in [1.29, 1.82) is 0 Å². The standard InChI is InChI=1S/C20H20ClN3O2S/c1-2-12-24-19(15-26-18-10-8-16(21)9-11-18)22-23-20(24)27-14-13-25-17-6-4-3-5-7-17/h2-11H,1,12-15H2. The third-order valence-corrected chi connectivity index (χ3v) is 4.80. The molecular weight excluding hydrogens is 382 g/mol. The van der Waals surface area contributed by atoms with Gasteiger partial charge in [-0.1, -0.05) is 47.6 Å². The molecule has 0 saturated heterocycles. The second kappa shape index (κ2) is 10.0. The van der Waals surface area contributed by atoms with Crippen LogP contribution in [0.4, 0.5) is 0 Å². The zero-order valence-electron chi connectivity index (χ0n) is 14.8. The molecule has 0 saturated carbocycles. The van der Waals surface area contributed by atoms with E-state index in [1.54, 1.807) is 23.9 Å². The summed E-state index contributed by atoms with van der Waals surface area (Å²) < 4.78 is 13.5. The summed E-state index contributed by atoms with van der Waals surface area (Å²) in [6, 6.07) is 17.0. The Labute approximate surface area is 168 Å². The molecule has 3 rings (SSSR count). The lowest BCUT2D eigenvalue weighted by atomic mass is 10.3. The van der Waals surface area contributed by atoms with Gasteiger partial charge in [0.1, 0.15) is 18.1 Å². The topological polar surface area (TPSA) is 49.2 Å². The average Bonchev–Trinajstić information content (AvgIpc) is 3.08. The first-order chi connectivity index (χ1) is 13.3. The summed E-state index contributed by atoms with van der Waals surface area (Å²) in [5, 5.41) is 10.0. The minimum absolute atomic E-state index is 0.323. The van der Waals surface area contributed by atoms with Crippen molar-refractivity contribution in [2.24, 2.45) is 0 Å². The summed E-state index contributed by atoms with van der Waals surface area (Å²) >= 11 is 7.49. The predicted octanol–water partition coefficient (Wildman–Crippen LogP) is 4.87. The number of thioether (sulfide) groups is 1. The molecule has 7 heteroatoms. The van der Waals surface area contributed by atoms with Gasteiger partial charge in [-0.3, -0.25) is 4.57 Å². The normalized spacial score (nSPS) is 10.6. The average molecular weight is 402 g/mol. The van der Waals surface area contributed by atoms with Gasteiger partial charge >= 0.3 is 0 Å². The maximum Gasteiger partial charge on any atom is 0.191 e. The number of hydrogen-bond acceptors (Lipinski definition) is 5. The molecule has 1 aromatic heterocycles. The third-order valence-electron chi connectivity index (χ3n) is 3.61. The van der Waals surface area contributed by atoms with Crippen molar-refractivity contribution in [3.8, 4) is 11.5 Å². The van der Waals surface area contributed by atoms with E-state index in [0.29, 0.717) is 24.8 Å². The Balaban J connectivity index is 1.55. The van der Waals surface area contributed by atoms with Gasteiger partial charge in [-0.05, 0) is 36.4 Å². The van der Waals surface area contributed by atoms with E-state index >= 15 is 0 Å². The van der Waals surface area contributed by atoms with Crippen LogP contribution in [0.3, 0.4) is 0 Å². The maximum absolute atomic E-state index is 5.89. The fraction of sp³-hybridized carbons (Fsp3) is 0.200. The molecule has 0 aliphatic rings. The zero-order valence-corrected chi connectivity index (χ0v) is 16.3. The maximum atomic E-state index is 5.89. The van der Waals surface area contributed by atoms with Gasteiger partial charge in [0.15, 0.2) is 11.0 Å². The minimum atomic E-state index is 0.323. The highest BCUT2D eigenvalue weighted by Crippen LogP contribution is 2.20. The first-order valence-corrected chi connectivity index (χ1v) is 9.84. The molecule has 0 atom stereocenters. The molecule has 0 bridgehead atoms. The lowest BCUT2D eigenvalue weighted by Gasteiger charge is -2.09. The SMILES string of the molecule is C=CCn1c(COc2ccc(Cl)cc2)nnc1SCCOc1ccccc1. The molecule has 0 N–H and O–H groups in total. The molecule has 2 aromatic carbocycles. The second-order valence-electron chi connectivity index (χ2n) is 5.55. The number of rotatable bonds is 10. The smallest absolute Gasteiger partial charge is 0.191 e. The number of aromatic nitrogens is 3. The van der Waals surface area contributed by atoms with Gasteiger partial charge in [-0.15, -0.1) is 16.8 Å². The molecule has 3 aromatic rings. The Morgan fingerprint density at radius 1 is 1.00 bits per heavy atom. The van der Waals surface area contributed by atoms with Crippen molar-refractivity contribution in [2.45, 2.75) is 18.3 Å². The monoisotopic (exact) mass is 401 g/mol. The molecule has 0 aliphatic heterocycles. The van der Waals surface area contributed by atoms with Crippen LogP contribution < -0.4 is 9.47 Å². The molecule has 0 aliphatic carbocycles. The Morgan fingerprint density at radius 3 is 2.48 bits per heavy atom. The molecule has 140 valence electrons. The first-order valence-electron chi connectivity index (χ1n) is 8.48. The Hall–Kier alpha value is -2.44. The fourth-order valence-corrected chi connectivity index (χ4v) is 3.24. The van der Waals surface area contributed by atoms with Crippen molar-refractivity contribution in [1.82, 2.24) is 14.8 Å². The van der Waals surface area contributed by atoms with Gasteiger partial charge in [0.2, 0.25) is 0 Å². The van der Waals surface area contributed by atoms with Gasteiger partial charge in [-0.25, -0.2) is 0 Å². The Morgan fingerprint density at radius 2 is 1.74 bits per heavy atom. The predicted molar refractivity (Wildman–Crippen MR) is 109 cm³/mol. The highest BCUT2D eigenvalue weighted by Gasteiger charge is 2.12. The van der Waals surface area contributed by atoms with E-state index in [9.17, 15) is 0 Å². The first kappa shape index (κ1) is 19.3.